The number of methoxy groups -OCH3 is 1. The number of halogens is 1. The fourth-order valence-corrected chi connectivity index (χ4v) is 5.03. The SMILES string of the molecule is COCCN(C(=O)CCC1CCCC1)C(C)c1nc2ccccc2c(=O)n1-c1ccc(Cl)cc1. The molecular weight excluding hydrogens is 450 g/mol. The largest absolute Gasteiger partial charge is 0.383 e. The molecule has 7 heteroatoms. The first-order chi connectivity index (χ1) is 16.5. The van der Waals surface area contributed by atoms with Crippen LogP contribution in [0.1, 0.15) is 57.3 Å². The lowest BCUT2D eigenvalue weighted by molar-refractivity contribution is -0.134. The van der Waals surface area contributed by atoms with Crippen LogP contribution in [0.3, 0.4) is 0 Å². The van der Waals surface area contributed by atoms with Gasteiger partial charge in [-0.15, -0.1) is 0 Å². The minimum atomic E-state index is -0.417. The minimum Gasteiger partial charge on any atom is -0.383 e. The van der Waals surface area contributed by atoms with Gasteiger partial charge in [0.05, 0.1) is 29.2 Å². The summed E-state index contributed by atoms with van der Waals surface area (Å²) in [5.74, 6) is 1.23. The summed E-state index contributed by atoms with van der Waals surface area (Å²) in [7, 11) is 1.63. The molecule has 1 aliphatic rings. The number of para-hydroxylation sites is 1. The second kappa shape index (κ2) is 11.2. The molecule has 6 nitrogen and oxygen atoms in total. The van der Waals surface area contributed by atoms with Crippen molar-refractivity contribution >= 4 is 28.4 Å². The zero-order chi connectivity index (χ0) is 24.1. The van der Waals surface area contributed by atoms with Gasteiger partial charge in [-0.2, -0.15) is 0 Å². The van der Waals surface area contributed by atoms with Crippen LogP contribution in [0.15, 0.2) is 53.3 Å². The number of aromatic nitrogens is 2. The molecule has 1 unspecified atom stereocenters. The third-order valence-corrected chi connectivity index (χ3v) is 7.08. The summed E-state index contributed by atoms with van der Waals surface area (Å²) in [6.45, 7) is 2.79. The number of amides is 1. The van der Waals surface area contributed by atoms with Crippen LogP contribution >= 0.6 is 11.6 Å². The van der Waals surface area contributed by atoms with E-state index in [1.165, 1.54) is 25.7 Å². The quantitative estimate of drug-likeness (QED) is 0.402. The van der Waals surface area contributed by atoms with Gasteiger partial charge in [-0.3, -0.25) is 14.2 Å². The molecule has 0 N–H and O–H groups in total. The maximum absolute atomic E-state index is 13.6. The van der Waals surface area contributed by atoms with Crippen molar-refractivity contribution in [1.82, 2.24) is 14.5 Å². The Morgan fingerprint density at radius 1 is 1.18 bits per heavy atom. The Labute approximate surface area is 205 Å². The standard InChI is InChI=1S/C27H32ClN3O3/c1-19(30(17-18-34-2)25(32)16-11-20-7-3-4-8-20)26-29-24-10-6-5-9-23(24)27(33)31(26)22-14-12-21(28)13-15-22/h5-6,9-10,12-15,19-20H,3-4,7-8,11,16-18H2,1-2H3. The first kappa shape index (κ1) is 24.4. The van der Waals surface area contributed by atoms with Crippen molar-refractivity contribution < 1.29 is 9.53 Å². The summed E-state index contributed by atoms with van der Waals surface area (Å²) >= 11 is 6.10. The van der Waals surface area contributed by atoms with Gasteiger partial charge in [-0.25, -0.2) is 4.98 Å². The van der Waals surface area contributed by atoms with Gasteiger partial charge in [0.2, 0.25) is 5.91 Å². The maximum atomic E-state index is 13.6. The molecular formula is C27H32ClN3O3. The van der Waals surface area contributed by atoms with Gasteiger partial charge in [0.1, 0.15) is 5.82 Å². The van der Waals surface area contributed by atoms with Crippen molar-refractivity contribution in [3.8, 4) is 5.69 Å². The number of carbonyl (C=O) groups excluding carboxylic acids is 1. The molecule has 0 aliphatic heterocycles. The van der Waals surface area contributed by atoms with Crippen LogP contribution in [-0.4, -0.2) is 40.6 Å². The van der Waals surface area contributed by atoms with E-state index in [9.17, 15) is 9.59 Å². The van der Waals surface area contributed by atoms with E-state index in [1.807, 2.05) is 25.1 Å². The van der Waals surface area contributed by atoms with Gasteiger partial charge in [-0.1, -0.05) is 49.4 Å². The van der Waals surface area contributed by atoms with Crippen molar-refractivity contribution in [3.63, 3.8) is 0 Å². The Kier molecular flexibility index (Phi) is 8.01. The molecule has 1 fully saturated rings. The third-order valence-electron chi connectivity index (χ3n) is 6.83. The fraction of sp³-hybridized carbons (Fsp3) is 0.444. The van der Waals surface area contributed by atoms with E-state index in [0.717, 1.165) is 6.42 Å². The molecule has 34 heavy (non-hydrogen) atoms. The molecule has 0 radical (unpaired) electrons. The normalized spacial score (nSPS) is 15.0. The van der Waals surface area contributed by atoms with Gasteiger partial charge >= 0.3 is 0 Å². The van der Waals surface area contributed by atoms with E-state index in [0.29, 0.717) is 52.9 Å². The monoisotopic (exact) mass is 481 g/mol. The summed E-state index contributed by atoms with van der Waals surface area (Å²) in [6.07, 6.45) is 6.35. The fourth-order valence-electron chi connectivity index (χ4n) is 4.90. The molecule has 4 rings (SSSR count). The topological polar surface area (TPSA) is 64.4 Å². The van der Waals surface area contributed by atoms with Crippen molar-refractivity contribution in [2.75, 3.05) is 20.3 Å². The molecule has 2 aromatic carbocycles. The summed E-state index contributed by atoms with van der Waals surface area (Å²) < 4.78 is 6.92. The highest BCUT2D eigenvalue weighted by Crippen LogP contribution is 2.30. The molecule has 1 saturated carbocycles. The zero-order valence-corrected chi connectivity index (χ0v) is 20.6. The molecule has 1 amide bonds. The third kappa shape index (κ3) is 5.34. The smallest absolute Gasteiger partial charge is 0.266 e. The number of ether oxygens (including phenoxy) is 1. The molecule has 0 saturated heterocycles. The predicted octanol–water partition coefficient (Wildman–Crippen LogP) is 5.55. The van der Waals surface area contributed by atoms with Gasteiger partial charge in [0, 0.05) is 25.1 Å². The molecule has 3 aromatic rings. The average molecular weight is 482 g/mol. The second-order valence-electron chi connectivity index (χ2n) is 9.05. The summed E-state index contributed by atoms with van der Waals surface area (Å²) in [4.78, 5) is 33.7. The number of fused-ring (bicyclic) bond motifs is 1. The van der Waals surface area contributed by atoms with Gasteiger partial charge in [0.15, 0.2) is 0 Å². The summed E-state index contributed by atoms with van der Waals surface area (Å²) in [5.41, 5.74) is 1.11. The van der Waals surface area contributed by atoms with E-state index in [-0.39, 0.29) is 11.5 Å². The molecule has 1 aromatic heterocycles. The highest BCUT2D eigenvalue weighted by Gasteiger charge is 2.27. The molecule has 0 bridgehead atoms. The van der Waals surface area contributed by atoms with E-state index in [4.69, 9.17) is 21.3 Å². The Bertz CT molecular complexity index is 1190. The first-order valence-corrected chi connectivity index (χ1v) is 12.4. The Morgan fingerprint density at radius 3 is 2.59 bits per heavy atom. The molecule has 1 atom stereocenters. The van der Waals surface area contributed by atoms with Gasteiger partial charge in [0.25, 0.3) is 5.56 Å². The number of hydrogen-bond donors (Lipinski definition) is 0. The Morgan fingerprint density at radius 2 is 1.88 bits per heavy atom. The minimum absolute atomic E-state index is 0.0708. The number of carbonyl (C=O) groups is 1. The van der Waals surface area contributed by atoms with Crippen LogP contribution in [0.4, 0.5) is 0 Å². The van der Waals surface area contributed by atoms with E-state index in [2.05, 4.69) is 0 Å². The number of hydrogen-bond acceptors (Lipinski definition) is 4. The van der Waals surface area contributed by atoms with Crippen molar-refractivity contribution in [2.24, 2.45) is 5.92 Å². The van der Waals surface area contributed by atoms with Crippen molar-refractivity contribution in [3.05, 3.63) is 69.7 Å². The number of nitrogens with zero attached hydrogens (tertiary/aromatic N) is 3. The van der Waals surface area contributed by atoms with E-state index >= 15 is 0 Å². The highest BCUT2D eigenvalue weighted by molar-refractivity contribution is 6.30. The van der Waals surface area contributed by atoms with Crippen LogP contribution in [-0.2, 0) is 9.53 Å². The Balaban J connectivity index is 1.75. The van der Waals surface area contributed by atoms with E-state index < -0.39 is 6.04 Å². The lowest BCUT2D eigenvalue weighted by Crippen LogP contribution is -2.39. The first-order valence-electron chi connectivity index (χ1n) is 12.1. The van der Waals surface area contributed by atoms with Gasteiger partial charge in [-0.05, 0) is 55.7 Å². The summed E-state index contributed by atoms with van der Waals surface area (Å²) in [5, 5.41) is 1.12. The van der Waals surface area contributed by atoms with Crippen molar-refractivity contribution in [1.29, 1.82) is 0 Å². The second-order valence-corrected chi connectivity index (χ2v) is 9.49. The lowest BCUT2D eigenvalue weighted by Gasteiger charge is -2.31. The average Bonchev–Trinajstić information content (AvgIpc) is 3.37. The lowest BCUT2D eigenvalue weighted by atomic mass is 10.0. The molecule has 1 aliphatic carbocycles. The maximum Gasteiger partial charge on any atom is 0.266 e. The highest BCUT2D eigenvalue weighted by atomic mass is 35.5. The molecule has 0 spiro atoms. The van der Waals surface area contributed by atoms with Crippen LogP contribution in [0.25, 0.3) is 16.6 Å². The van der Waals surface area contributed by atoms with Crippen LogP contribution < -0.4 is 5.56 Å². The van der Waals surface area contributed by atoms with Crippen LogP contribution in [0.2, 0.25) is 5.02 Å². The van der Waals surface area contributed by atoms with E-state index in [1.54, 1.807) is 46.9 Å². The zero-order valence-electron chi connectivity index (χ0n) is 19.9. The molecule has 1 heterocycles. The Hall–Kier alpha value is -2.70. The van der Waals surface area contributed by atoms with Gasteiger partial charge < -0.3 is 9.64 Å². The predicted molar refractivity (Wildman–Crippen MR) is 136 cm³/mol. The number of benzene rings is 2. The van der Waals surface area contributed by atoms with Crippen molar-refractivity contribution in [2.45, 2.75) is 51.5 Å². The van der Waals surface area contributed by atoms with Crippen LogP contribution in [0, 0.1) is 5.92 Å². The van der Waals surface area contributed by atoms with Crippen LogP contribution in [0.5, 0.6) is 0 Å². The molecule has 180 valence electrons. The number of rotatable bonds is 9. The summed E-state index contributed by atoms with van der Waals surface area (Å²) in [6, 6.07) is 14.0.